The Bertz CT molecular complexity index is 1170. The Morgan fingerprint density at radius 3 is 2.89 bits per heavy atom. The van der Waals surface area contributed by atoms with Gasteiger partial charge in [-0.1, -0.05) is 0 Å². The summed E-state index contributed by atoms with van der Waals surface area (Å²) in [7, 11) is 0. The number of imide groups is 1. The number of carbonyl (C=O) groups is 2. The highest BCUT2D eigenvalue weighted by molar-refractivity contribution is 8.18. The second-order valence-electron chi connectivity index (χ2n) is 6.50. The van der Waals surface area contributed by atoms with E-state index in [1.807, 2.05) is 6.07 Å². The van der Waals surface area contributed by atoms with Crippen molar-refractivity contribution in [2.75, 3.05) is 5.32 Å². The summed E-state index contributed by atoms with van der Waals surface area (Å²) in [5.74, 6) is -0.314. The number of hydrogen-bond acceptors (Lipinski definition) is 7. The largest absolute Gasteiger partial charge is 0.367 e. The molecule has 0 unspecified atom stereocenters. The molecule has 1 saturated heterocycles. The second-order valence-corrected chi connectivity index (χ2v) is 7.51. The Hall–Kier alpha value is -3.27. The van der Waals surface area contributed by atoms with Crippen LogP contribution in [0.25, 0.3) is 23.0 Å². The van der Waals surface area contributed by atoms with Crippen LogP contribution in [0.5, 0.6) is 0 Å². The summed E-state index contributed by atoms with van der Waals surface area (Å²) in [5, 5.41) is 9.58. The first-order valence-electron chi connectivity index (χ1n) is 8.59. The van der Waals surface area contributed by atoms with Gasteiger partial charge in [0.2, 0.25) is 5.95 Å². The van der Waals surface area contributed by atoms with Crippen molar-refractivity contribution in [3.05, 3.63) is 47.0 Å². The van der Waals surface area contributed by atoms with Gasteiger partial charge < -0.3 is 5.32 Å². The van der Waals surface area contributed by atoms with E-state index in [2.05, 4.69) is 25.7 Å². The van der Waals surface area contributed by atoms with E-state index in [0.29, 0.717) is 28.5 Å². The monoisotopic (exact) mass is 396 g/mol. The molecule has 140 valence electrons. The van der Waals surface area contributed by atoms with Crippen molar-refractivity contribution >= 4 is 40.4 Å². The summed E-state index contributed by atoms with van der Waals surface area (Å²) in [4.78, 5) is 31.8. The van der Waals surface area contributed by atoms with Crippen LogP contribution in [0.2, 0.25) is 0 Å². The van der Waals surface area contributed by atoms with E-state index in [9.17, 15) is 14.0 Å². The van der Waals surface area contributed by atoms with E-state index in [1.54, 1.807) is 22.9 Å². The van der Waals surface area contributed by atoms with E-state index in [-0.39, 0.29) is 4.91 Å². The number of amides is 2. The Morgan fingerprint density at radius 2 is 2.18 bits per heavy atom. The van der Waals surface area contributed by atoms with E-state index < -0.39 is 17.1 Å². The van der Waals surface area contributed by atoms with Gasteiger partial charge >= 0.3 is 0 Å². The number of rotatable bonds is 4. The molecule has 2 N–H and O–H groups in total. The van der Waals surface area contributed by atoms with Crippen LogP contribution in [0.4, 0.5) is 15.0 Å². The highest BCUT2D eigenvalue weighted by Gasteiger charge is 2.26. The summed E-state index contributed by atoms with van der Waals surface area (Å²) < 4.78 is 15.2. The molecule has 3 aromatic rings. The fourth-order valence-corrected chi connectivity index (χ4v) is 3.57. The summed E-state index contributed by atoms with van der Waals surface area (Å²) in [6.07, 6.45) is 6.69. The van der Waals surface area contributed by atoms with Gasteiger partial charge in [-0.2, -0.15) is 14.0 Å². The minimum Gasteiger partial charge on any atom is -0.367 e. The van der Waals surface area contributed by atoms with E-state index in [1.165, 1.54) is 12.3 Å². The normalized spacial score (nSPS) is 18.1. The predicted molar refractivity (Wildman–Crippen MR) is 102 cm³/mol. The van der Waals surface area contributed by atoms with Crippen LogP contribution < -0.4 is 10.6 Å². The van der Waals surface area contributed by atoms with Crippen LogP contribution in [0.15, 0.2) is 35.5 Å². The maximum absolute atomic E-state index is 13.6. The third-order valence-electron chi connectivity index (χ3n) is 4.38. The van der Waals surface area contributed by atoms with Crippen molar-refractivity contribution in [3.63, 3.8) is 0 Å². The number of anilines is 1. The number of pyridine rings is 1. The molecule has 0 atom stereocenters. The van der Waals surface area contributed by atoms with Crippen LogP contribution in [-0.4, -0.2) is 36.8 Å². The molecule has 1 saturated carbocycles. The van der Waals surface area contributed by atoms with E-state index in [0.717, 1.165) is 30.4 Å². The Balaban J connectivity index is 1.66. The van der Waals surface area contributed by atoms with Crippen LogP contribution in [-0.2, 0) is 4.79 Å². The van der Waals surface area contributed by atoms with E-state index in [4.69, 9.17) is 0 Å². The molecular formula is C18H13FN6O2S. The van der Waals surface area contributed by atoms with Crippen LogP contribution in [0.3, 0.4) is 0 Å². The summed E-state index contributed by atoms with van der Waals surface area (Å²) >= 11 is 0.831. The van der Waals surface area contributed by atoms with Gasteiger partial charge in [0.1, 0.15) is 5.82 Å². The smallest absolute Gasteiger partial charge is 0.290 e. The minimum absolute atomic E-state index is 0.277. The number of nitrogens with one attached hydrogen (secondary N) is 2. The standard InChI is InChI=1S/C18H13FN6O2S/c19-14-6-9(3-4-20-14)12-7-15(22-11-1-2-11)25-16(23-12)10(8-21-25)5-13-17(26)24-18(27)28-13/h3-8,11,22H,1-2H2,(H,24,26,27)/b13-5-. The van der Waals surface area contributed by atoms with Gasteiger partial charge in [0.25, 0.3) is 11.1 Å². The van der Waals surface area contributed by atoms with Crippen molar-refractivity contribution in [1.82, 2.24) is 24.9 Å². The first-order chi connectivity index (χ1) is 13.6. The topological polar surface area (TPSA) is 101 Å². The lowest BCUT2D eigenvalue weighted by Crippen LogP contribution is -2.17. The van der Waals surface area contributed by atoms with Gasteiger partial charge in [0.15, 0.2) is 5.65 Å². The van der Waals surface area contributed by atoms with Crippen molar-refractivity contribution in [2.45, 2.75) is 18.9 Å². The molecule has 8 nitrogen and oxygen atoms in total. The van der Waals surface area contributed by atoms with Gasteiger partial charge in [0.05, 0.1) is 16.8 Å². The fraction of sp³-hybridized carbons (Fsp3) is 0.167. The number of nitrogens with zero attached hydrogens (tertiary/aromatic N) is 4. The summed E-state index contributed by atoms with van der Waals surface area (Å²) in [6.45, 7) is 0. The molecule has 3 aromatic heterocycles. The van der Waals surface area contributed by atoms with Crippen molar-refractivity contribution in [3.8, 4) is 11.3 Å². The molecule has 0 bridgehead atoms. The fourth-order valence-electron chi connectivity index (χ4n) is 2.89. The van der Waals surface area contributed by atoms with Crippen LogP contribution in [0.1, 0.15) is 18.4 Å². The average Bonchev–Trinajstić information content (AvgIpc) is 3.30. The zero-order valence-corrected chi connectivity index (χ0v) is 15.2. The maximum Gasteiger partial charge on any atom is 0.290 e. The lowest BCUT2D eigenvalue weighted by molar-refractivity contribution is -0.115. The summed E-state index contributed by atoms with van der Waals surface area (Å²) in [5.41, 5.74) is 2.22. The quantitative estimate of drug-likeness (QED) is 0.516. The molecule has 10 heteroatoms. The van der Waals surface area contributed by atoms with Gasteiger partial charge in [0, 0.05) is 35.5 Å². The van der Waals surface area contributed by atoms with Crippen LogP contribution in [0, 0.1) is 5.95 Å². The average molecular weight is 396 g/mol. The first-order valence-corrected chi connectivity index (χ1v) is 9.40. The number of thioether (sulfide) groups is 1. The van der Waals surface area contributed by atoms with Crippen molar-refractivity contribution in [1.29, 1.82) is 0 Å². The Labute approximate surface area is 162 Å². The molecule has 0 aromatic carbocycles. The number of halogens is 1. The number of carbonyl (C=O) groups excluding carboxylic acids is 2. The van der Waals surface area contributed by atoms with Gasteiger partial charge in [-0.15, -0.1) is 0 Å². The highest BCUT2D eigenvalue weighted by Crippen LogP contribution is 2.31. The highest BCUT2D eigenvalue weighted by atomic mass is 32.2. The van der Waals surface area contributed by atoms with Crippen molar-refractivity contribution < 1.29 is 14.0 Å². The van der Waals surface area contributed by atoms with E-state index >= 15 is 0 Å². The Morgan fingerprint density at radius 1 is 1.32 bits per heavy atom. The van der Waals surface area contributed by atoms with Gasteiger partial charge in [-0.05, 0) is 36.7 Å². The third-order valence-corrected chi connectivity index (χ3v) is 5.19. The number of fused-ring (bicyclic) bond motifs is 1. The van der Waals surface area contributed by atoms with Gasteiger partial charge in [-0.25, -0.2) is 9.97 Å². The first kappa shape index (κ1) is 16.9. The Kier molecular flexibility index (Phi) is 3.86. The number of hydrogen-bond donors (Lipinski definition) is 2. The number of aromatic nitrogens is 4. The minimum atomic E-state index is -0.593. The molecule has 2 aliphatic rings. The lowest BCUT2D eigenvalue weighted by atomic mass is 10.2. The second kappa shape index (κ2) is 6.41. The molecule has 1 aliphatic carbocycles. The zero-order chi connectivity index (χ0) is 19.3. The molecule has 2 fully saturated rings. The summed E-state index contributed by atoms with van der Waals surface area (Å²) in [6, 6.07) is 5.17. The molecule has 2 amide bonds. The van der Waals surface area contributed by atoms with Gasteiger partial charge in [-0.3, -0.25) is 14.9 Å². The zero-order valence-electron chi connectivity index (χ0n) is 14.3. The molecule has 4 heterocycles. The lowest BCUT2D eigenvalue weighted by Gasteiger charge is -2.10. The molecule has 1 aliphatic heterocycles. The SMILES string of the molecule is O=C1NC(=O)/C(=C/c2cnn3c(NC4CC4)cc(-c4ccnc(F)c4)nc23)S1. The molecular weight excluding hydrogens is 383 g/mol. The third kappa shape index (κ3) is 3.11. The maximum atomic E-state index is 13.6. The van der Waals surface area contributed by atoms with Crippen LogP contribution >= 0.6 is 11.8 Å². The molecule has 0 radical (unpaired) electrons. The molecule has 5 rings (SSSR count). The van der Waals surface area contributed by atoms with Crippen molar-refractivity contribution in [2.24, 2.45) is 0 Å². The molecule has 0 spiro atoms. The predicted octanol–water partition coefficient (Wildman–Crippen LogP) is 2.83. The molecule has 28 heavy (non-hydrogen) atoms.